The average Bonchev–Trinajstić information content (AvgIpc) is 2.87. The molecule has 0 spiro atoms. The molecular formula is C13H22O6. The van der Waals surface area contributed by atoms with Crippen LogP contribution in [-0.4, -0.2) is 54.5 Å². The van der Waals surface area contributed by atoms with E-state index in [1.807, 2.05) is 27.7 Å². The number of rotatable bonds is 2. The molecule has 1 N–H and O–H groups in total. The van der Waals surface area contributed by atoms with Gasteiger partial charge in [0, 0.05) is 5.92 Å². The second kappa shape index (κ2) is 4.38. The van der Waals surface area contributed by atoms with E-state index in [2.05, 4.69) is 0 Å². The van der Waals surface area contributed by atoms with Crippen molar-refractivity contribution in [2.24, 2.45) is 5.92 Å². The maximum Gasteiger partial charge on any atom is 0.188 e. The van der Waals surface area contributed by atoms with Gasteiger partial charge in [-0.2, -0.15) is 0 Å². The van der Waals surface area contributed by atoms with E-state index < -0.39 is 17.9 Å². The van der Waals surface area contributed by atoms with Crippen LogP contribution in [0.1, 0.15) is 27.7 Å². The molecule has 0 saturated carbocycles. The Balaban J connectivity index is 1.72. The summed E-state index contributed by atoms with van der Waals surface area (Å²) >= 11 is 0. The van der Waals surface area contributed by atoms with Crippen LogP contribution in [0.25, 0.3) is 0 Å². The van der Waals surface area contributed by atoms with Crippen molar-refractivity contribution >= 4 is 0 Å². The van der Waals surface area contributed by atoms with Crippen molar-refractivity contribution in [3.8, 4) is 0 Å². The van der Waals surface area contributed by atoms with Gasteiger partial charge in [-0.15, -0.1) is 0 Å². The fourth-order valence-corrected chi connectivity index (χ4v) is 3.04. The van der Waals surface area contributed by atoms with E-state index in [1.54, 1.807) is 0 Å². The summed E-state index contributed by atoms with van der Waals surface area (Å²) in [5, 5.41) is 9.63. The van der Waals surface area contributed by atoms with Gasteiger partial charge in [-0.3, -0.25) is 0 Å². The van der Waals surface area contributed by atoms with E-state index >= 15 is 0 Å². The third-order valence-corrected chi connectivity index (χ3v) is 3.83. The van der Waals surface area contributed by atoms with Crippen LogP contribution in [0.15, 0.2) is 0 Å². The molecule has 19 heavy (non-hydrogen) atoms. The molecule has 0 bridgehead atoms. The van der Waals surface area contributed by atoms with Gasteiger partial charge in [0.2, 0.25) is 0 Å². The number of hydrogen-bond donors (Lipinski definition) is 1. The highest BCUT2D eigenvalue weighted by Gasteiger charge is 2.57. The second-order valence-electron chi connectivity index (χ2n) is 6.28. The predicted octanol–water partition coefficient (Wildman–Crippen LogP) is 0.623. The van der Waals surface area contributed by atoms with E-state index in [0.29, 0.717) is 6.61 Å². The van der Waals surface area contributed by atoms with Crippen molar-refractivity contribution in [2.75, 3.05) is 13.2 Å². The molecule has 0 aromatic rings. The van der Waals surface area contributed by atoms with Crippen LogP contribution in [0.2, 0.25) is 0 Å². The fourth-order valence-electron chi connectivity index (χ4n) is 3.04. The molecule has 0 radical (unpaired) electrons. The Bertz CT molecular complexity index is 355. The Hall–Kier alpha value is -0.240. The van der Waals surface area contributed by atoms with Gasteiger partial charge in [-0.05, 0) is 27.7 Å². The van der Waals surface area contributed by atoms with Gasteiger partial charge in [-0.1, -0.05) is 0 Å². The summed E-state index contributed by atoms with van der Waals surface area (Å²) < 4.78 is 28.8. The molecule has 3 rings (SSSR count). The molecule has 3 saturated heterocycles. The molecule has 110 valence electrons. The molecule has 5 atom stereocenters. The largest absolute Gasteiger partial charge is 0.396 e. The maximum absolute atomic E-state index is 9.63. The Labute approximate surface area is 112 Å². The zero-order chi connectivity index (χ0) is 13.8. The SMILES string of the molecule is CC1(C)O[C@H]2O[C@H]([C@H]3COC(C)(C)O3)[C@@H](CO)[C@H]2O1. The fraction of sp³-hybridized carbons (Fsp3) is 1.00. The lowest BCUT2D eigenvalue weighted by Crippen LogP contribution is -2.40. The maximum atomic E-state index is 9.63. The van der Waals surface area contributed by atoms with Gasteiger partial charge in [0.05, 0.1) is 19.3 Å². The zero-order valence-corrected chi connectivity index (χ0v) is 11.8. The normalized spacial score (nSPS) is 47.5. The van der Waals surface area contributed by atoms with E-state index in [9.17, 15) is 5.11 Å². The second-order valence-corrected chi connectivity index (χ2v) is 6.28. The Morgan fingerprint density at radius 1 is 1.00 bits per heavy atom. The van der Waals surface area contributed by atoms with Gasteiger partial charge < -0.3 is 28.8 Å². The van der Waals surface area contributed by atoms with Crippen LogP contribution in [-0.2, 0) is 23.7 Å². The molecule has 3 aliphatic heterocycles. The van der Waals surface area contributed by atoms with Gasteiger partial charge in [0.25, 0.3) is 0 Å². The summed E-state index contributed by atoms with van der Waals surface area (Å²) in [6.07, 6.45) is -1.16. The topological polar surface area (TPSA) is 66.4 Å². The van der Waals surface area contributed by atoms with Gasteiger partial charge >= 0.3 is 0 Å². The molecule has 0 aliphatic carbocycles. The summed E-state index contributed by atoms with van der Waals surface area (Å²) in [4.78, 5) is 0. The highest BCUT2D eigenvalue weighted by molar-refractivity contribution is 4.97. The van der Waals surface area contributed by atoms with E-state index in [1.165, 1.54) is 0 Å². The van der Waals surface area contributed by atoms with Crippen LogP contribution >= 0.6 is 0 Å². The van der Waals surface area contributed by atoms with Crippen LogP contribution in [0.3, 0.4) is 0 Å². The lowest BCUT2D eigenvalue weighted by molar-refractivity contribution is -0.228. The summed E-state index contributed by atoms with van der Waals surface area (Å²) in [6, 6.07) is 0. The third-order valence-electron chi connectivity index (χ3n) is 3.83. The van der Waals surface area contributed by atoms with Crippen molar-refractivity contribution in [3.05, 3.63) is 0 Å². The third kappa shape index (κ3) is 2.41. The van der Waals surface area contributed by atoms with Crippen molar-refractivity contribution in [1.82, 2.24) is 0 Å². The van der Waals surface area contributed by atoms with Crippen LogP contribution in [0.4, 0.5) is 0 Å². The zero-order valence-electron chi connectivity index (χ0n) is 11.8. The lowest BCUT2D eigenvalue weighted by atomic mass is 9.96. The van der Waals surface area contributed by atoms with E-state index in [0.717, 1.165) is 0 Å². The molecule has 3 fully saturated rings. The molecule has 6 heteroatoms. The Kier molecular flexibility index (Phi) is 3.16. The molecule has 0 amide bonds. The van der Waals surface area contributed by atoms with E-state index in [4.69, 9.17) is 23.7 Å². The minimum atomic E-state index is -0.667. The smallest absolute Gasteiger partial charge is 0.188 e. The van der Waals surface area contributed by atoms with Crippen molar-refractivity contribution < 1.29 is 28.8 Å². The number of aliphatic hydroxyl groups excluding tert-OH is 1. The van der Waals surface area contributed by atoms with Crippen LogP contribution in [0.5, 0.6) is 0 Å². The van der Waals surface area contributed by atoms with Gasteiger partial charge in [-0.25, -0.2) is 0 Å². The standard InChI is InChI=1S/C13H22O6/c1-12(2)15-6-8(17-12)9-7(5-14)10-11(16-9)19-13(3,4)18-10/h7-11,14H,5-6H2,1-4H3/t7-,8-,9+,10-,11-/m1/s1. The number of ether oxygens (including phenoxy) is 5. The molecule has 3 heterocycles. The lowest BCUT2D eigenvalue weighted by Gasteiger charge is -2.28. The van der Waals surface area contributed by atoms with Gasteiger partial charge in [0.15, 0.2) is 17.9 Å². The molecule has 6 nitrogen and oxygen atoms in total. The van der Waals surface area contributed by atoms with Crippen LogP contribution in [0, 0.1) is 5.92 Å². The minimum Gasteiger partial charge on any atom is -0.396 e. The molecule has 3 aliphatic rings. The molecular weight excluding hydrogens is 252 g/mol. The summed E-state index contributed by atoms with van der Waals surface area (Å²) in [7, 11) is 0. The summed E-state index contributed by atoms with van der Waals surface area (Å²) in [6.45, 7) is 7.86. The summed E-state index contributed by atoms with van der Waals surface area (Å²) in [5.74, 6) is -1.43. The highest BCUT2D eigenvalue weighted by Crippen LogP contribution is 2.43. The first-order valence-corrected chi connectivity index (χ1v) is 6.75. The molecule has 0 aromatic carbocycles. The quantitative estimate of drug-likeness (QED) is 0.796. The minimum absolute atomic E-state index is 0.0223. The van der Waals surface area contributed by atoms with Crippen LogP contribution < -0.4 is 0 Å². The van der Waals surface area contributed by atoms with E-state index in [-0.39, 0.29) is 30.8 Å². The average molecular weight is 274 g/mol. The first-order valence-electron chi connectivity index (χ1n) is 6.75. The Morgan fingerprint density at radius 3 is 2.32 bits per heavy atom. The Morgan fingerprint density at radius 2 is 1.74 bits per heavy atom. The van der Waals surface area contributed by atoms with Crippen molar-refractivity contribution in [1.29, 1.82) is 0 Å². The summed E-state index contributed by atoms with van der Waals surface area (Å²) in [5.41, 5.74) is 0. The highest BCUT2D eigenvalue weighted by atomic mass is 16.8. The van der Waals surface area contributed by atoms with Crippen molar-refractivity contribution in [2.45, 2.75) is 63.9 Å². The first kappa shape index (κ1) is 13.7. The monoisotopic (exact) mass is 274 g/mol. The molecule has 0 aromatic heterocycles. The van der Waals surface area contributed by atoms with Gasteiger partial charge in [0.1, 0.15) is 12.2 Å². The first-order chi connectivity index (χ1) is 8.81. The number of aliphatic hydroxyl groups is 1. The van der Waals surface area contributed by atoms with Crippen molar-refractivity contribution in [3.63, 3.8) is 0 Å². The predicted molar refractivity (Wildman–Crippen MR) is 64.2 cm³/mol. The molecule has 0 unspecified atom stereocenters. The number of fused-ring (bicyclic) bond motifs is 1. The number of hydrogen-bond acceptors (Lipinski definition) is 6.